The van der Waals surface area contributed by atoms with Crippen LogP contribution in [0.3, 0.4) is 0 Å². The molecule has 1 unspecified atom stereocenters. The number of hydrogen-bond acceptors (Lipinski definition) is 4. The van der Waals surface area contributed by atoms with Crippen molar-refractivity contribution in [2.24, 2.45) is 0 Å². The molecule has 0 aromatic carbocycles. The van der Waals surface area contributed by atoms with E-state index in [1.54, 1.807) is 11.3 Å². The van der Waals surface area contributed by atoms with E-state index in [1.165, 1.54) is 4.88 Å². The number of rotatable bonds is 6. The Morgan fingerprint density at radius 1 is 1.60 bits per heavy atom. The zero-order chi connectivity index (χ0) is 11.3. The molecule has 86 valence electrons. The van der Waals surface area contributed by atoms with Crippen LogP contribution in [0.15, 0.2) is 15.9 Å². The minimum atomic E-state index is 0.0567. The number of hydrogen-bond donors (Lipinski definition) is 2. The molecule has 0 aliphatic heterocycles. The highest BCUT2D eigenvalue weighted by Gasteiger charge is 2.11. The monoisotopic (exact) mass is 292 g/mol. The molecule has 1 atom stereocenters. The van der Waals surface area contributed by atoms with Gasteiger partial charge in [-0.1, -0.05) is 0 Å². The van der Waals surface area contributed by atoms with Crippen LogP contribution in [0, 0.1) is 0 Å². The predicted molar refractivity (Wildman–Crippen MR) is 68.4 cm³/mol. The van der Waals surface area contributed by atoms with E-state index in [0.29, 0.717) is 0 Å². The molecule has 1 aromatic rings. The number of nitrogens with one attached hydrogen (secondary N) is 1. The van der Waals surface area contributed by atoms with Crippen LogP contribution in [-0.4, -0.2) is 43.8 Å². The number of aliphatic hydroxyl groups is 1. The second kappa shape index (κ2) is 6.60. The van der Waals surface area contributed by atoms with Gasteiger partial charge in [0.2, 0.25) is 0 Å². The van der Waals surface area contributed by atoms with Crippen molar-refractivity contribution in [2.45, 2.75) is 6.04 Å². The van der Waals surface area contributed by atoms with Crippen LogP contribution in [0.4, 0.5) is 0 Å². The van der Waals surface area contributed by atoms with Crippen molar-refractivity contribution in [2.75, 3.05) is 33.8 Å². The largest absolute Gasteiger partial charge is 0.394 e. The number of aliphatic hydroxyl groups excluding tert-OH is 1. The Labute approximate surface area is 103 Å². The van der Waals surface area contributed by atoms with Crippen molar-refractivity contribution < 1.29 is 5.11 Å². The van der Waals surface area contributed by atoms with Gasteiger partial charge in [-0.05, 0) is 36.1 Å². The lowest BCUT2D eigenvalue weighted by molar-refractivity contribution is 0.242. The van der Waals surface area contributed by atoms with Crippen LogP contribution in [0.25, 0.3) is 0 Å². The third-order valence-corrected chi connectivity index (χ3v) is 3.87. The Bertz CT molecular complexity index is 291. The zero-order valence-electron chi connectivity index (χ0n) is 9.03. The van der Waals surface area contributed by atoms with Gasteiger partial charge in [0, 0.05) is 27.8 Å². The topological polar surface area (TPSA) is 35.5 Å². The molecule has 0 bridgehead atoms. The first-order chi connectivity index (χ1) is 7.13. The Balaban J connectivity index is 2.42. The minimum Gasteiger partial charge on any atom is -0.394 e. The van der Waals surface area contributed by atoms with Gasteiger partial charge in [-0.2, -0.15) is 0 Å². The van der Waals surface area contributed by atoms with Gasteiger partial charge in [0.25, 0.3) is 0 Å². The van der Waals surface area contributed by atoms with Crippen molar-refractivity contribution in [1.29, 1.82) is 0 Å². The van der Waals surface area contributed by atoms with Gasteiger partial charge in [-0.3, -0.25) is 0 Å². The molecule has 3 nitrogen and oxygen atoms in total. The summed E-state index contributed by atoms with van der Waals surface area (Å²) in [5.74, 6) is 0. The van der Waals surface area contributed by atoms with Gasteiger partial charge < -0.3 is 15.3 Å². The number of halogens is 1. The van der Waals surface area contributed by atoms with E-state index < -0.39 is 0 Å². The summed E-state index contributed by atoms with van der Waals surface area (Å²) in [6, 6.07) is 2.11. The van der Waals surface area contributed by atoms with Crippen LogP contribution < -0.4 is 5.32 Å². The molecule has 2 N–H and O–H groups in total. The van der Waals surface area contributed by atoms with Gasteiger partial charge in [0.15, 0.2) is 0 Å². The summed E-state index contributed by atoms with van der Waals surface area (Å²) >= 11 is 5.07. The van der Waals surface area contributed by atoms with Crippen molar-refractivity contribution >= 4 is 27.3 Å². The Morgan fingerprint density at radius 3 is 2.80 bits per heavy atom. The normalized spacial score (nSPS) is 13.4. The molecular weight excluding hydrogens is 276 g/mol. The maximum Gasteiger partial charge on any atom is 0.0650 e. The Kier molecular flexibility index (Phi) is 5.78. The van der Waals surface area contributed by atoms with Crippen molar-refractivity contribution in [3.8, 4) is 0 Å². The summed E-state index contributed by atoms with van der Waals surface area (Å²) in [6.07, 6.45) is 0. The zero-order valence-corrected chi connectivity index (χ0v) is 11.4. The minimum absolute atomic E-state index is 0.0567. The standard InChI is InChI=1S/C10H17BrN2OS/c1-13(2)4-3-12-9(6-14)10-5-8(11)7-15-10/h5,7,9,12,14H,3-4,6H2,1-2H3. The molecule has 0 spiro atoms. The maximum atomic E-state index is 9.27. The van der Waals surface area contributed by atoms with Gasteiger partial charge >= 0.3 is 0 Å². The Hall–Kier alpha value is 0.0600. The molecule has 1 aromatic heterocycles. The number of likely N-dealkylation sites (N-methyl/N-ethyl adjacent to an activating group) is 1. The molecule has 0 fully saturated rings. The lowest BCUT2D eigenvalue weighted by Gasteiger charge is -2.16. The maximum absolute atomic E-state index is 9.27. The van der Waals surface area contributed by atoms with Crippen LogP contribution >= 0.6 is 27.3 Å². The highest BCUT2D eigenvalue weighted by Crippen LogP contribution is 2.25. The van der Waals surface area contributed by atoms with Crippen molar-refractivity contribution in [1.82, 2.24) is 10.2 Å². The quantitative estimate of drug-likeness (QED) is 0.838. The fraction of sp³-hybridized carbons (Fsp3) is 0.600. The molecule has 1 heterocycles. The molecule has 0 saturated carbocycles. The van der Waals surface area contributed by atoms with Crippen molar-refractivity contribution in [3.63, 3.8) is 0 Å². The van der Waals surface area contributed by atoms with Gasteiger partial charge in [-0.15, -0.1) is 11.3 Å². The van der Waals surface area contributed by atoms with Crippen molar-refractivity contribution in [3.05, 3.63) is 20.8 Å². The molecule has 0 radical (unpaired) electrons. The van der Waals surface area contributed by atoms with E-state index in [0.717, 1.165) is 17.6 Å². The van der Waals surface area contributed by atoms with Crippen LogP contribution in [-0.2, 0) is 0 Å². The highest BCUT2D eigenvalue weighted by molar-refractivity contribution is 9.10. The summed E-state index contributed by atoms with van der Waals surface area (Å²) < 4.78 is 1.08. The summed E-state index contributed by atoms with van der Waals surface area (Å²) in [7, 11) is 4.08. The second-order valence-electron chi connectivity index (χ2n) is 3.66. The third kappa shape index (κ3) is 4.61. The molecule has 0 saturated heterocycles. The molecule has 0 amide bonds. The van der Waals surface area contributed by atoms with E-state index in [2.05, 4.69) is 26.1 Å². The predicted octanol–water partition coefficient (Wildman–Crippen LogP) is 1.70. The molecule has 0 aliphatic rings. The molecule has 1 rings (SSSR count). The summed E-state index contributed by atoms with van der Waals surface area (Å²) in [5.41, 5.74) is 0. The molecule has 5 heteroatoms. The lowest BCUT2D eigenvalue weighted by atomic mass is 10.2. The highest BCUT2D eigenvalue weighted by atomic mass is 79.9. The first-order valence-electron chi connectivity index (χ1n) is 4.86. The fourth-order valence-electron chi connectivity index (χ4n) is 1.23. The van der Waals surface area contributed by atoms with E-state index in [1.807, 2.05) is 25.5 Å². The van der Waals surface area contributed by atoms with Gasteiger partial charge in [-0.25, -0.2) is 0 Å². The first kappa shape index (κ1) is 13.1. The average Bonchev–Trinajstić information content (AvgIpc) is 2.59. The van der Waals surface area contributed by atoms with Crippen LogP contribution in [0.2, 0.25) is 0 Å². The lowest BCUT2D eigenvalue weighted by Crippen LogP contribution is -2.31. The first-order valence-corrected chi connectivity index (χ1v) is 6.53. The van der Waals surface area contributed by atoms with Gasteiger partial charge in [0.1, 0.15) is 0 Å². The smallest absolute Gasteiger partial charge is 0.0650 e. The van der Waals surface area contributed by atoms with E-state index >= 15 is 0 Å². The van der Waals surface area contributed by atoms with E-state index in [9.17, 15) is 5.11 Å². The van der Waals surface area contributed by atoms with E-state index in [-0.39, 0.29) is 12.6 Å². The van der Waals surface area contributed by atoms with Crippen LogP contribution in [0.1, 0.15) is 10.9 Å². The third-order valence-electron chi connectivity index (χ3n) is 2.06. The number of thiophene rings is 1. The second-order valence-corrected chi connectivity index (χ2v) is 5.52. The summed E-state index contributed by atoms with van der Waals surface area (Å²) in [5, 5.41) is 14.6. The van der Waals surface area contributed by atoms with Gasteiger partial charge in [0.05, 0.1) is 12.6 Å². The average molecular weight is 293 g/mol. The fourth-order valence-corrected chi connectivity index (χ4v) is 2.74. The SMILES string of the molecule is CN(C)CCNC(CO)c1cc(Br)cs1. The van der Waals surface area contributed by atoms with E-state index in [4.69, 9.17) is 0 Å². The molecule has 15 heavy (non-hydrogen) atoms. The number of nitrogens with zero attached hydrogens (tertiary/aromatic N) is 1. The molecular formula is C10H17BrN2OS. The Morgan fingerprint density at radius 2 is 2.33 bits per heavy atom. The van der Waals surface area contributed by atoms with Crippen LogP contribution in [0.5, 0.6) is 0 Å². The molecule has 0 aliphatic carbocycles. The summed E-state index contributed by atoms with van der Waals surface area (Å²) in [4.78, 5) is 3.29. The summed E-state index contributed by atoms with van der Waals surface area (Å²) in [6.45, 7) is 2.00.